The van der Waals surface area contributed by atoms with Gasteiger partial charge in [-0.05, 0) is 44.1 Å². The quantitative estimate of drug-likeness (QED) is 0.667. The fourth-order valence-electron chi connectivity index (χ4n) is 3.85. The fourth-order valence-corrected chi connectivity index (χ4v) is 3.85. The number of nitrogens with one attached hydrogen (secondary N) is 2. The molecule has 2 unspecified atom stereocenters. The van der Waals surface area contributed by atoms with E-state index in [0.29, 0.717) is 12.3 Å². The molecule has 0 radical (unpaired) electrons. The van der Waals surface area contributed by atoms with Crippen molar-refractivity contribution in [3.8, 4) is 0 Å². The Morgan fingerprint density at radius 2 is 2.10 bits per heavy atom. The molecule has 1 aromatic carbocycles. The highest BCUT2D eigenvalue weighted by Crippen LogP contribution is 2.25. The number of nitrogens with zero attached hydrogens (tertiary/aromatic N) is 3. The van der Waals surface area contributed by atoms with E-state index < -0.39 is 0 Å². The van der Waals surface area contributed by atoms with Crippen LogP contribution in [0.5, 0.6) is 0 Å². The van der Waals surface area contributed by atoms with Crippen molar-refractivity contribution in [1.29, 1.82) is 0 Å². The van der Waals surface area contributed by atoms with Crippen molar-refractivity contribution in [2.75, 3.05) is 29.9 Å². The summed E-state index contributed by atoms with van der Waals surface area (Å²) >= 11 is 0. The number of carbonyl (C=O) groups excluding carboxylic acids is 1. The van der Waals surface area contributed by atoms with Gasteiger partial charge in [0, 0.05) is 32.1 Å². The summed E-state index contributed by atoms with van der Waals surface area (Å²) in [6.45, 7) is 7.05. The molecule has 1 aliphatic rings. The summed E-state index contributed by atoms with van der Waals surface area (Å²) in [6, 6.07) is 12.2. The Kier molecular flexibility index (Phi) is 7.85. The van der Waals surface area contributed by atoms with E-state index in [1.54, 1.807) is 6.33 Å². The number of rotatable bonds is 9. The molecule has 3 rings (SSSR count). The van der Waals surface area contributed by atoms with Gasteiger partial charge in [-0.2, -0.15) is 0 Å². The monoisotopic (exact) mass is 395 g/mol. The van der Waals surface area contributed by atoms with E-state index in [1.165, 1.54) is 6.42 Å². The maximum Gasteiger partial charge on any atom is 0.220 e. The molecule has 1 aliphatic heterocycles. The van der Waals surface area contributed by atoms with Crippen molar-refractivity contribution in [2.24, 2.45) is 5.92 Å². The van der Waals surface area contributed by atoms with Crippen LogP contribution in [0.3, 0.4) is 0 Å². The number of aromatic nitrogens is 2. The number of amides is 1. The molecule has 0 bridgehead atoms. The normalized spacial score (nSPS) is 17.6. The topological polar surface area (TPSA) is 70.2 Å². The summed E-state index contributed by atoms with van der Waals surface area (Å²) in [6.07, 6.45) is 6.49. The van der Waals surface area contributed by atoms with E-state index in [-0.39, 0.29) is 11.9 Å². The van der Waals surface area contributed by atoms with E-state index in [1.807, 2.05) is 31.2 Å². The molecule has 1 aromatic heterocycles. The summed E-state index contributed by atoms with van der Waals surface area (Å²) in [7, 11) is 0. The first kappa shape index (κ1) is 21.1. The highest BCUT2D eigenvalue weighted by Gasteiger charge is 2.22. The molecule has 6 heteroatoms. The minimum Gasteiger partial charge on any atom is -0.370 e. The van der Waals surface area contributed by atoms with Crippen LogP contribution in [0.15, 0.2) is 42.7 Å². The summed E-state index contributed by atoms with van der Waals surface area (Å²) < 4.78 is 0. The van der Waals surface area contributed by atoms with Crippen LogP contribution in [0.25, 0.3) is 0 Å². The molecular formula is C23H33N5O. The lowest BCUT2D eigenvalue weighted by Gasteiger charge is -2.33. The van der Waals surface area contributed by atoms with Crippen LogP contribution in [0.1, 0.15) is 57.6 Å². The van der Waals surface area contributed by atoms with Gasteiger partial charge in [0.15, 0.2) is 0 Å². The largest absolute Gasteiger partial charge is 0.370 e. The zero-order chi connectivity index (χ0) is 20.5. The maximum atomic E-state index is 12.4. The van der Waals surface area contributed by atoms with E-state index >= 15 is 0 Å². The smallest absolute Gasteiger partial charge is 0.220 e. The molecule has 2 atom stereocenters. The molecule has 29 heavy (non-hydrogen) atoms. The number of carbonyl (C=O) groups is 1. The lowest BCUT2D eigenvalue weighted by atomic mass is 9.93. The minimum atomic E-state index is 0.0432. The van der Waals surface area contributed by atoms with Crippen molar-refractivity contribution in [1.82, 2.24) is 15.3 Å². The summed E-state index contributed by atoms with van der Waals surface area (Å²) in [5.41, 5.74) is 1.14. The standard InChI is InChI=1S/C23H33N5O/c1-3-13-24-21-15-22(26-17-25-21)28-14-7-8-19(16-28)11-12-23(29)27-18(2)20-9-5-4-6-10-20/h4-6,9-10,15,17-19H,3,7-8,11-14,16H2,1-2H3,(H,27,29)(H,24,25,26). The van der Waals surface area contributed by atoms with Gasteiger partial charge in [0.1, 0.15) is 18.0 Å². The predicted molar refractivity (Wildman–Crippen MR) is 118 cm³/mol. The first-order valence-corrected chi connectivity index (χ1v) is 10.8. The Bertz CT molecular complexity index is 767. The average Bonchev–Trinajstić information content (AvgIpc) is 2.77. The Labute approximate surface area is 174 Å². The van der Waals surface area contributed by atoms with Gasteiger partial charge in [-0.15, -0.1) is 0 Å². The fraction of sp³-hybridized carbons (Fsp3) is 0.522. The number of anilines is 2. The Morgan fingerprint density at radius 1 is 1.28 bits per heavy atom. The number of piperidine rings is 1. The highest BCUT2D eigenvalue weighted by molar-refractivity contribution is 5.76. The van der Waals surface area contributed by atoms with Gasteiger partial charge in [-0.1, -0.05) is 37.3 Å². The van der Waals surface area contributed by atoms with Crippen LogP contribution in [-0.2, 0) is 4.79 Å². The third-order valence-electron chi connectivity index (χ3n) is 5.51. The van der Waals surface area contributed by atoms with Gasteiger partial charge in [-0.3, -0.25) is 4.79 Å². The van der Waals surface area contributed by atoms with Crippen molar-refractivity contribution in [3.63, 3.8) is 0 Å². The first-order chi connectivity index (χ1) is 14.2. The number of hydrogen-bond donors (Lipinski definition) is 2. The summed E-state index contributed by atoms with van der Waals surface area (Å²) in [4.78, 5) is 23.5. The van der Waals surface area contributed by atoms with Gasteiger partial charge in [0.2, 0.25) is 5.91 Å². The summed E-state index contributed by atoms with van der Waals surface area (Å²) in [5.74, 6) is 2.51. The van der Waals surface area contributed by atoms with E-state index in [0.717, 1.165) is 56.1 Å². The van der Waals surface area contributed by atoms with Crippen molar-refractivity contribution in [3.05, 3.63) is 48.3 Å². The van der Waals surface area contributed by atoms with E-state index in [2.05, 4.69) is 44.6 Å². The second kappa shape index (κ2) is 10.8. The van der Waals surface area contributed by atoms with Crippen LogP contribution in [0.4, 0.5) is 11.6 Å². The predicted octanol–water partition coefficient (Wildman–Crippen LogP) is 4.17. The van der Waals surface area contributed by atoms with Crippen molar-refractivity contribution in [2.45, 2.75) is 52.0 Å². The van der Waals surface area contributed by atoms with E-state index in [4.69, 9.17) is 0 Å². The van der Waals surface area contributed by atoms with Crippen LogP contribution < -0.4 is 15.5 Å². The number of hydrogen-bond acceptors (Lipinski definition) is 5. The molecule has 0 spiro atoms. The molecule has 6 nitrogen and oxygen atoms in total. The SMILES string of the molecule is CCCNc1cc(N2CCCC(CCC(=O)NC(C)c3ccccc3)C2)ncn1. The first-order valence-electron chi connectivity index (χ1n) is 10.8. The lowest BCUT2D eigenvalue weighted by molar-refractivity contribution is -0.122. The second-order valence-electron chi connectivity index (χ2n) is 7.88. The zero-order valence-electron chi connectivity index (χ0n) is 17.6. The minimum absolute atomic E-state index is 0.0432. The van der Waals surface area contributed by atoms with Crippen molar-refractivity contribution < 1.29 is 4.79 Å². The highest BCUT2D eigenvalue weighted by atomic mass is 16.1. The van der Waals surface area contributed by atoms with Crippen molar-refractivity contribution >= 4 is 17.5 Å². The zero-order valence-corrected chi connectivity index (χ0v) is 17.6. The molecule has 1 amide bonds. The Morgan fingerprint density at radius 3 is 2.90 bits per heavy atom. The summed E-state index contributed by atoms with van der Waals surface area (Å²) in [5, 5.41) is 6.45. The molecule has 2 heterocycles. The van der Waals surface area contributed by atoms with Gasteiger partial charge in [0.25, 0.3) is 0 Å². The lowest BCUT2D eigenvalue weighted by Crippen LogP contribution is -2.36. The van der Waals surface area contributed by atoms with Crippen LogP contribution in [0.2, 0.25) is 0 Å². The molecule has 1 fully saturated rings. The van der Waals surface area contributed by atoms with Gasteiger partial charge in [0.05, 0.1) is 6.04 Å². The third kappa shape index (κ3) is 6.44. The Balaban J connectivity index is 1.48. The molecule has 0 saturated carbocycles. The van der Waals surface area contributed by atoms with Gasteiger partial charge in [-0.25, -0.2) is 9.97 Å². The van der Waals surface area contributed by atoms with Gasteiger partial charge < -0.3 is 15.5 Å². The number of benzene rings is 1. The molecule has 2 N–H and O–H groups in total. The second-order valence-corrected chi connectivity index (χ2v) is 7.88. The van der Waals surface area contributed by atoms with Crippen LogP contribution in [-0.4, -0.2) is 35.5 Å². The van der Waals surface area contributed by atoms with Gasteiger partial charge >= 0.3 is 0 Å². The molecule has 2 aromatic rings. The molecule has 0 aliphatic carbocycles. The maximum absolute atomic E-state index is 12.4. The van der Waals surface area contributed by atoms with Crippen LogP contribution >= 0.6 is 0 Å². The Hall–Kier alpha value is -2.63. The average molecular weight is 396 g/mol. The molecular weight excluding hydrogens is 362 g/mol. The molecule has 156 valence electrons. The third-order valence-corrected chi connectivity index (χ3v) is 5.51. The van der Waals surface area contributed by atoms with Crippen LogP contribution in [0, 0.1) is 5.92 Å². The van der Waals surface area contributed by atoms with E-state index in [9.17, 15) is 4.79 Å². The molecule has 1 saturated heterocycles.